The van der Waals surface area contributed by atoms with Crippen molar-refractivity contribution in [3.05, 3.63) is 29.8 Å². The lowest BCUT2D eigenvalue weighted by atomic mass is 9.99. The van der Waals surface area contributed by atoms with Crippen molar-refractivity contribution in [3.8, 4) is 5.75 Å². The maximum atomic E-state index is 11.6. The molecule has 1 amide bonds. The van der Waals surface area contributed by atoms with E-state index in [0.29, 0.717) is 19.4 Å². The molecule has 5 nitrogen and oxygen atoms in total. The van der Waals surface area contributed by atoms with Crippen LogP contribution in [0.1, 0.15) is 18.9 Å². The second-order valence-corrected chi connectivity index (χ2v) is 5.85. The Balaban J connectivity index is 2.53. The van der Waals surface area contributed by atoms with Gasteiger partial charge in [0.05, 0.1) is 12.5 Å². The molecule has 0 heterocycles. The molecule has 0 spiro atoms. The van der Waals surface area contributed by atoms with Gasteiger partial charge in [0.25, 0.3) is 0 Å². The molecule has 1 atom stereocenters. The van der Waals surface area contributed by atoms with Crippen LogP contribution in [0.4, 0.5) is 0 Å². The van der Waals surface area contributed by atoms with E-state index in [0.717, 1.165) is 17.1 Å². The van der Waals surface area contributed by atoms with Gasteiger partial charge in [0.2, 0.25) is 5.91 Å². The third-order valence-corrected chi connectivity index (χ3v) is 3.76. The van der Waals surface area contributed by atoms with Crippen molar-refractivity contribution < 1.29 is 19.4 Å². The van der Waals surface area contributed by atoms with E-state index >= 15 is 0 Å². The lowest BCUT2D eigenvalue weighted by molar-refractivity contribution is -0.141. The number of aliphatic carboxylic acids is 1. The molecule has 0 saturated carbocycles. The maximum absolute atomic E-state index is 11.6. The summed E-state index contributed by atoms with van der Waals surface area (Å²) in [5.41, 5.74) is 0.911. The summed E-state index contributed by atoms with van der Waals surface area (Å²) in [5, 5.41) is 12.0. The van der Waals surface area contributed by atoms with Crippen LogP contribution < -0.4 is 10.1 Å². The van der Waals surface area contributed by atoms with Gasteiger partial charge in [0, 0.05) is 18.7 Å². The smallest absolute Gasteiger partial charge is 0.308 e. The zero-order valence-electron chi connectivity index (χ0n) is 13.0. The predicted molar refractivity (Wildman–Crippen MR) is 88.4 cm³/mol. The maximum Gasteiger partial charge on any atom is 0.308 e. The summed E-state index contributed by atoms with van der Waals surface area (Å²) in [4.78, 5) is 22.9. The first kappa shape index (κ1) is 18.4. The first-order valence-electron chi connectivity index (χ1n) is 7.27. The van der Waals surface area contributed by atoms with Crippen LogP contribution in [0.2, 0.25) is 0 Å². The zero-order valence-corrected chi connectivity index (χ0v) is 13.8. The summed E-state index contributed by atoms with van der Waals surface area (Å²) in [6.07, 6.45) is 2.72. The molecule has 0 aliphatic carbocycles. The molecule has 1 aromatic rings. The molecule has 6 heteroatoms. The molecule has 1 unspecified atom stereocenters. The van der Waals surface area contributed by atoms with Crippen molar-refractivity contribution in [1.29, 1.82) is 0 Å². The van der Waals surface area contributed by atoms with Gasteiger partial charge in [-0.25, -0.2) is 0 Å². The summed E-state index contributed by atoms with van der Waals surface area (Å²) >= 11 is 1.59. The second-order valence-electron chi connectivity index (χ2n) is 4.86. The van der Waals surface area contributed by atoms with Crippen LogP contribution in [0, 0.1) is 5.92 Å². The van der Waals surface area contributed by atoms with Crippen molar-refractivity contribution in [1.82, 2.24) is 5.32 Å². The van der Waals surface area contributed by atoms with Crippen molar-refractivity contribution in [2.75, 3.05) is 25.2 Å². The molecule has 0 fully saturated rings. The van der Waals surface area contributed by atoms with E-state index in [4.69, 9.17) is 4.74 Å². The summed E-state index contributed by atoms with van der Waals surface area (Å²) in [5.74, 6) is -0.131. The lowest BCUT2D eigenvalue weighted by Gasteiger charge is -2.14. The van der Waals surface area contributed by atoms with E-state index < -0.39 is 11.9 Å². The highest BCUT2D eigenvalue weighted by molar-refractivity contribution is 7.98. The van der Waals surface area contributed by atoms with Gasteiger partial charge in [-0.2, -0.15) is 11.8 Å². The number of carboxylic acid groups (broad SMARTS) is 1. The van der Waals surface area contributed by atoms with Crippen LogP contribution in [0.5, 0.6) is 5.75 Å². The highest BCUT2D eigenvalue weighted by Gasteiger charge is 2.19. The monoisotopic (exact) mass is 325 g/mol. The highest BCUT2D eigenvalue weighted by atomic mass is 32.2. The van der Waals surface area contributed by atoms with Gasteiger partial charge in [-0.1, -0.05) is 12.1 Å². The first-order chi connectivity index (χ1) is 10.6. The minimum absolute atomic E-state index is 0.104. The van der Waals surface area contributed by atoms with Crippen LogP contribution in [0.3, 0.4) is 0 Å². The van der Waals surface area contributed by atoms with Gasteiger partial charge in [0.1, 0.15) is 5.75 Å². The minimum Gasteiger partial charge on any atom is -0.494 e. The number of carbonyl (C=O) groups excluding carboxylic acids is 1. The average molecular weight is 325 g/mol. The van der Waals surface area contributed by atoms with Crippen LogP contribution in [0.25, 0.3) is 0 Å². The molecule has 2 N–H and O–H groups in total. The molecule has 0 saturated heterocycles. The van der Waals surface area contributed by atoms with E-state index in [1.54, 1.807) is 11.8 Å². The first-order valence-corrected chi connectivity index (χ1v) is 8.66. The highest BCUT2D eigenvalue weighted by Crippen LogP contribution is 2.15. The minimum atomic E-state index is -0.904. The van der Waals surface area contributed by atoms with Crippen molar-refractivity contribution in [3.63, 3.8) is 0 Å². The van der Waals surface area contributed by atoms with E-state index in [2.05, 4.69) is 5.32 Å². The van der Waals surface area contributed by atoms with Crippen LogP contribution in [0.15, 0.2) is 24.3 Å². The Morgan fingerprint density at radius 2 is 2.00 bits per heavy atom. The third kappa shape index (κ3) is 6.85. The number of thioether (sulfide) groups is 1. The SMILES string of the molecule is CCOc1ccc(CC(CNC(=O)CCSC)C(=O)O)cc1. The molecule has 0 radical (unpaired) electrons. The molecular formula is C16H23NO4S. The molecule has 0 aliphatic rings. The number of carbonyl (C=O) groups is 2. The number of rotatable bonds is 10. The fraction of sp³-hybridized carbons (Fsp3) is 0.500. The molecule has 1 aromatic carbocycles. The van der Waals surface area contributed by atoms with Crippen LogP contribution >= 0.6 is 11.8 Å². The summed E-state index contributed by atoms with van der Waals surface area (Å²) < 4.78 is 5.35. The van der Waals surface area contributed by atoms with Gasteiger partial charge in [-0.3, -0.25) is 9.59 Å². The standard InChI is InChI=1S/C16H23NO4S/c1-3-21-14-6-4-12(5-7-14)10-13(16(19)20)11-17-15(18)8-9-22-2/h4-7,13H,3,8-11H2,1-2H3,(H,17,18)(H,19,20). The number of amides is 1. The number of nitrogens with one attached hydrogen (secondary N) is 1. The summed E-state index contributed by atoms with van der Waals surface area (Å²) in [6, 6.07) is 7.37. The zero-order chi connectivity index (χ0) is 16.4. The Hall–Kier alpha value is -1.69. The van der Waals surface area contributed by atoms with E-state index in [9.17, 15) is 14.7 Å². The van der Waals surface area contributed by atoms with Gasteiger partial charge in [0.15, 0.2) is 0 Å². The van der Waals surface area contributed by atoms with Gasteiger partial charge in [-0.05, 0) is 37.3 Å². The Morgan fingerprint density at radius 1 is 1.32 bits per heavy atom. The Labute approximate surface area is 135 Å². The number of carboxylic acids is 1. The Kier molecular flexibility index (Phi) is 8.43. The topological polar surface area (TPSA) is 75.6 Å². The summed E-state index contributed by atoms with van der Waals surface area (Å²) in [6.45, 7) is 2.66. The average Bonchev–Trinajstić information content (AvgIpc) is 2.51. The number of hydrogen-bond acceptors (Lipinski definition) is 4. The molecular weight excluding hydrogens is 302 g/mol. The number of ether oxygens (including phenoxy) is 1. The molecule has 0 aliphatic heterocycles. The van der Waals surface area contributed by atoms with E-state index in [1.807, 2.05) is 37.4 Å². The van der Waals surface area contributed by atoms with Crippen molar-refractivity contribution in [2.24, 2.45) is 5.92 Å². The number of hydrogen-bond donors (Lipinski definition) is 2. The molecule has 22 heavy (non-hydrogen) atoms. The van der Waals surface area contributed by atoms with Crippen molar-refractivity contribution >= 4 is 23.6 Å². The quantitative estimate of drug-likeness (QED) is 0.690. The fourth-order valence-corrected chi connectivity index (χ4v) is 2.33. The molecule has 0 bridgehead atoms. The van der Waals surface area contributed by atoms with Gasteiger partial charge in [-0.15, -0.1) is 0 Å². The van der Waals surface area contributed by atoms with Crippen LogP contribution in [-0.2, 0) is 16.0 Å². The fourth-order valence-electron chi connectivity index (χ4n) is 1.94. The Bertz CT molecular complexity index is 476. The van der Waals surface area contributed by atoms with E-state index in [-0.39, 0.29) is 12.5 Å². The van der Waals surface area contributed by atoms with E-state index in [1.165, 1.54) is 0 Å². The van der Waals surface area contributed by atoms with Gasteiger partial charge < -0.3 is 15.2 Å². The predicted octanol–water partition coefficient (Wildman–Crippen LogP) is 2.20. The Morgan fingerprint density at radius 3 is 2.55 bits per heavy atom. The normalized spacial score (nSPS) is 11.7. The van der Waals surface area contributed by atoms with Crippen molar-refractivity contribution in [2.45, 2.75) is 19.8 Å². The summed E-state index contributed by atoms with van der Waals surface area (Å²) in [7, 11) is 0. The third-order valence-electron chi connectivity index (χ3n) is 3.14. The largest absolute Gasteiger partial charge is 0.494 e. The molecule has 1 rings (SSSR count). The number of benzene rings is 1. The second kappa shape index (κ2) is 10.1. The molecule has 0 aromatic heterocycles. The lowest BCUT2D eigenvalue weighted by Crippen LogP contribution is -2.34. The molecule has 122 valence electrons. The van der Waals surface area contributed by atoms with Gasteiger partial charge >= 0.3 is 5.97 Å². The van der Waals surface area contributed by atoms with Crippen LogP contribution in [-0.4, -0.2) is 42.1 Å².